The maximum absolute atomic E-state index is 16.7. The van der Waals surface area contributed by atoms with Gasteiger partial charge < -0.3 is 40.3 Å². The van der Waals surface area contributed by atoms with Crippen molar-refractivity contribution >= 4 is 72.5 Å². The number of phenolic OH excluding ortho intramolecular Hbond substituents is 2. The molecule has 0 aliphatic carbocycles. The molecule has 19 heteroatoms. The number of hydrogen-bond donors (Lipinski definition) is 4. The lowest BCUT2D eigenvalue weighted by Gasteiger charge is -2.35. The van der Waals surface area contributed by atoms with E-state index in [4.69, 9.17) is 26.3 Å². The summed E-state index contributed by atoms with van der Waals surface area (Å²) in [7, 11) is 1.51. The summed E-state index contributed by atoms with van der Waals surface area (Å²) in [6, 6.07) is 18.0. The lowest BCUT2D eigenvalue weighted by molar-refractivity contribution is 0.251. The van der Waals surface area contributed by atoms with E-state index < -0.39 is 17.8 Å². The van der Waals surface area contributed by atoms with Crippen molar-refractivity contribution in [2.75, 3.05) is 75.8 Å². The fraction of sp³-hybridized carbons (Fsp3) is 0.448. The number of anilines is 2. The molecule has 0 radical (unpaired) electrons. The van der Waals surface area contributed by atoms with Crippen LogP contribution in [0.4, 0.5) is 29.1 Å². The standard InChI is InChI=1S/C32H32ClFN6O.C27H26F2N4O2.C8H16FN/c33-25-5-1-4-19-14-22(41)15-23(27(19)25)29-28(34)30-24(16-35-29)31(39-17-20-6-7-21(18-39)36-20)38-26(37-30)8-11-32-9-2-12-40(32)13-3-10-32;1-3-18-21(28)7-4-14-8-17(34)9-19(24(14)18)26-25(29)27-20(11-30-26)22(10-23(32-27)35-2)33-12-15-5-6-16(13-33)31-15;1-2-3-5-10-6-4-8(9)7-10/h1,4-5,8,11,14-16,20-21,36,41H,2-3,6-7,9-10,12-13,17-18H2;4,7-11,15-16,31,34H,3,5-6,12-13H2,1-2H3;8H,2-7H2,1H3/b11-8+;;. The highest BCUT2D eigenvalue weighted by molar-refractivity contribution is 6.36. The number of phenols is 2. The monoisotopic (exact) mass is 1190 g/mol. The molecule has 4 aromatic carbocycles. The van der Waals surface area contributed by atoms with Crippen LogP contribution in [0.5, 0.6) is 17.4 Å². The zero-order chi connectivity index (χ0) is 59.4. The number of unbranched alkanes of at least 4 members (excludes halogenated alkanes) is 1. The van der Waals surface area contributed by atoms with Crippen LogP contribution >= 0.6 is 11.6 Å². The Morgan fingerprint density at radius 3 is 1.94 bits per heavy atom. The SMILES string of the molecule is CCCCN1CCC(F)C1.CCc1c(F)ccc2cc(O)cc(-c3ncc4c(N5CC6CCC(C5)N6)cc(OC)nc4c3F)c12.Oc1cc(-c2ncc3c(N4CC5CCC(C4)N5)nc(/C=C/C45CCCN4CCC5)nc3c2F)c2c(Cl)cccc2c1. The minimum absolute atomic E-state index is 0.0192. The molecule has 5 atom stereocenters. The van der Waals surface area contributed by atoms with Crippen LogP contribution < -0.4 is 25.2 Å². The summed E-state index contributed by atoms with van der Waals surface area (Å²) in [6.45, 7) is 12.3. The van der Waals surface area contributed by atoms with Gasteiger partial charge in [-0.3, -0.25) is 14.9 Å². The van der Waals surface area contributed by atoms with Crippen LogP contribution in [0.15, 0.2) is 79.1 Å². The van der Waals surface area contributed by atoms with Crippen molar-refractivity contribution in [2.45, 2.75) is 127 Å². The van der Waals surface area contributed by atoms with E-state index in [1.54, 1.807) is 36.7 Å². The number of likely N-dealkylation sites (tertiary alicyclic amines) is 1. The minimum Gasteiger partial charge on any atom is -0.508 e. The third-order valence-corrected chi connectivity index (χ3v) is 19.2. The van der Waals surface area contributed by atoms with E-state index in [-0.39, 0.29) is 45.3 Å². The number of halogens is 5. The first-order chi connectivity index (χ1) is 41.8. The average Bonchev–Trinajstić information content (AvgIpc) is 1.58. The van der Waals surface area contributed by atoms with E-state index in [0.717, 1.165) is 109 Å². The molecule has 7 fully saturated rings. The van der Waals surface area contributed by atoms with Gasteiger partial charge >= 0.3 is 0 Å². The number of nitrogens with zero attached hydrogens (tertiary/aromatic N) is 9. The Labute approximate surface area is 503 Å². The Kier molecular flexibility index (Phi) is 16.4. The van der Waals surface area contributed by atoms with Crippen molar-refractivity contribution < 1.29 is 32.5 Å². The lowest BCUT2D eigenvalue weighted by Crippen LogP contribution is -2.51. The van der Waals surface area contributed by atoms with Crippen LogP contribution in [0.1, 0.15) is 95.9 Å². The molecule has 7 saturated heterocycles. The summed E-state index contributed by atoms with van der Waals surface area (Å²) < 4.78 is 65.5. The highest BCUT2D eigenvalue weighted by Crippen LogP contribution is 2.44. The average molecular weight is 1190 g/mol. The van der Waals surface area contributed by atoms with Crippen LogP contribution in [0, 0.1) is 17.5 Å². The van der Waals surface area contributed by atoms with Crippen molar-refractivity contribution in [1.82, 2.24) is 45.4 Å². The van der Waals surface area contributed by atoms with Gasteiger partial charge in [-0.2, -0.15) is 0 Å². The first-order valence-corrected chi connectivity index (χ1v) is 31.2. The van der Waals surface area contributed by atoms with Crippen molar-refractivity contribution in [3.8, 4) is 39.9 Å². The van der Waals surface area contributed by atoms with Gasteiger partial charge in [0.2, 0.25) is 5.88 Å². The molecule has 0 saturated carbocycles. The van der Waals surface area contributed by atoms with Gasteiger partial charge in [0, 0.05) is 114 Å². The minimum atomic E-state index is -0.626. The molecule has 8 aromatic rings. The van der Waals surface area contributed by atoms with E-state index >= 15 is 8.78 Å². The van der Waals surface area contributed by atoms with Gasteiger partial charge in [-0.15, -0.1) is 0 Å². The Hall–Kier alpha value is -6.96. The highest BCUT2D eigenvalue weighted by atomic mass is 35.5. The largest absolute Gasteiger partial charge is 0.508 e. The molecular formula is C67H74ClF4N11O3. The van der Waals surface area contributed by atoms with Crippen LogP contribution in [-0.4, -0.2) is 147 Å². The quantitative estimate of drug-likeness (QED) is 0.0909. The van der Waals surface area contributed by atoms with Gasteiger partial charge in [-0.1, -0.05) is 56.1 Å². The number of aryl methyl sites for hydroxylation is 1. The molecule has 4 N–H and O–H groups in total. The zero-order valence-corrected chi connectivity index (χ0v) is 49.8. The van der Waals surface area contributed by atoms with Crippen molar-refractivity contribution in [3.63, 3.8) is 0 Å². The van der Waals surface area contributed by atoms with Gasteiger partial charge in [0.1, 0.15) is 51.7 Å². The maximum atomic E-state index is 16.7. The Balaban J connectivity index is 0.000000139. The van der Waals surface area contributed by atoms with Gasteiger partial charge in [-0.25, -0.2) is 32.5 Å². The van der Waals surface area contributed by atoms with Crippen molar-refractivity contribution in [3.05, 3.63) is 113 Å². The van der Waals surface area contributed by atoms with E-state index in [0.29, 0.717) is 103 Å². The molecule has 0 amide bonds. The van der Waals surface area contributed by atoms with Crippen LogP contribution in [0.2, 0.25) is 5.02 Å². The number of methoxy groups -OCH3 is 1. The van der Waals surface area contributed by atoms with Crippen LogP contribution in [-0.2, 0) is 6.42 Å². The number of pyridine rings is 3. The first-order valence-electron chi connectivity index (χ1n) is 30.8. The number of aromatic hydroxyl groups is 2. The van der Waals surface area contributed by atoms with Crippen molar-refractivity contribution in [1.29, 1.82) is 0 Å². The first kappa shape index (κ1) is 58.1. The number of ether oxygens (including phenoxy) is 1. The third-order valence-electron chi connectivity index (χ3n) is 18.9. The third kappa shape index (κ3) is 11.2. The molecule has 5 unspecified atom stereocenters. The van der Waals surface area contributed by atoms with Gasteiger partial charge in [0.05, 0.1) is 18.2 Å². The molecule has 11 heterocycles. The number of rotatable bonds is 11. The molecular weight excluding hydrogens is 1120 g/mol. The Morgan fingerprint density at radius 2 is 1.33 bits per heavy atom. The predicted octanol–water partition coefficient (Wildman–Crippen LogP) is 12.7. The van der Waals surface area contributed by atoms with Gasteiger partial charge in [-0.05, 0) is 154 Å². The number of piperazine rings is 2. The number of fused-ring (bicyclic) bond motifs is 9. The number of hydrogen-bond acceptors (Lipinski definition) is 14. The molecule has 7 aliphatic rings. The number of nitrogens with one attached hydrogen (secondary N) is 2. The number of alkyl halides is 1. The van der Waals surface area contributed by atoms with E-state index in [1.165, 1.54) is 51.0 Å². The fourth-order valence-corrected chi connectivity index (χ4v) is 15.1. The topological polar surface area (TPSA) is 151 Å². The van der Waals surface area contributed by atoms with Crippen LogP contribution in [0.3, 0.4) is 0 Å². The van der Waals surface area contributed by atoms with Gasteiger partial charge in [0.15, 0.2) is 17.5 Å². The van der Waals surface area contributed by atoms with E-state index in [9.17, 15) is 19.0 Å². The summed E-state index contributed by atoms with van der Waals surface area (Å²) >= 11 is 6.58. The van der Waals surface area contributed by atoms with Crippen LogP contribution in [0.25, 0.3) is 71.9 Å². The molecule has 4 bridgehead atoms. The second-order valence-electron chi connectivity index (χ2n) is 24.5. The maximum Gasteiger partial charge on any atom is 0.215 e. The summed E-state index contributed by atoms with van der Waals surface area (Å²) in [5.41, 5.74) is 2.64. The molecule has 450 valence electrons. The molecule has 86 heavy (non-hydrogen) atoms. The summed E-state index contributed by atoms with van der Waals surface area (Å²) in [6.07, 6.45) is 19.8. The molecule has 0 spiro atoms. The van der Waals surface area contributed by atoms with E-state index in [2.05, 4.69) is 58.2 Å². The second kappa shape index (κ2) is 24.3. The molecule has 4 aromatic heterocycles. The zero-order valence-electron chi connectivity index (χ0n) is 49.0. The van der Waals surface area contributed by atoms with Gasteiger partial charge in [0.25, 0.3) is 0 Å². The number of aromatic nitrogens is 5. The Morgan fingerprint density at radius 1 is 0.709 bits per heavy atom. The molecule has 7 aliphatic heterocycles. The molecule has 15 rings (SSSR count). The summed E-state index contributed by atoms with van der Waals surface area (Å²) in [5, 5.41) is 32.3. The highest BCUT2D eigenvalue weighted by Gasteiger charge is 2.42. The Bertz CT molecular complexity index is 3880. The normalized spacial score (nSPS) is 22.5. The molecule has 14 nitrogen and oxygen atoms in total. The number of benzene rings is 4. The smallest absolute Gasteiger partial charge is 0.215 e. The van der Waals surface area contributed by atoms with Crippen molar-refractivity contribution in [2.24, 2.45) is 0 Å². The van der Waals surface area contributed by atoms with E-state index in [1.807, 2.05) is 31.2 Å². The second-order valence-corrected chi connectivity index (χ2v) is 24.9. The summed E-state index contributed by atoms with van der Waals surface area (Å²) in [4.78, 5) is 32.7. The summed E-state index contributed by atoms with van der Waals surface area (Å²) in [5.74, 6) is 0.0120. The predicted molar refractivity (Wildman–Crippen MR) is 334 cm³/mol. The fourth-order valence-electron chi connectivity index (χ4n) is 14.8. The lowest BCUT2D eigenvalue weighted by atomic mass is 9.93.